The van der Waals surface area contributed by atoms with Crippen molar-refractivity contribution in [1.29, 1.82) is 0 Å². The average molecular weight is 1090 g/mol. The number of nitrogens with zero attached hydrogens (tertiary/aromatic N) is 1. The third-order valence-corrected chi connectivity index (χ3v) is 15.5. The predicted octanol–water partition coefficient (Wildman–Crippen LogP) is 11.7. The molecular weight excluding hydrogens is 988 g/mol. The van der Waals surface area contributed by atoms with E-state index in [0.29, 0.717) is 12.8 Å². The Hall–Kier alpha value is -3.21. The van der Waals surface area contributed by atoms with E-state index in [4.69, 9.17) is 23.3 Å². The third kappa shape index (κ3) is 40.1. The maximum absolute atomic E-state index is 13.2. The van der Waals surface area contributed by atoms with Crippen LogP contribution in [0, 0.1) is 0 Å². The number of thioether (sulfide) groups is 1. The van der Waals surface area contributed by atoms with Crippen LogP contribution >= 0.6 is 19.4 Å². The summed E-state index contributed by atoms with van der Waals surface area (Å²) < 4.78 is 40.4. The number of rotatable bonds is 51. The van der Waals surface area contributed by atoms with E-state index in [2.05, 4.69) is 29.8 Å². The van der Waals surface area contributed by atoms with E-state index in [1.807, 2.05) is 0 Å². The second-order valence-corrected chi connectivity index (χ2v) is 23.1. The highest BCUT2D eigenvalue weighted by Gasteiger charge is 2.39. The maximum atomic E-state index is 13.2. The molecule has 17 nitrogen and oxygen atoms in total. The second-order valence-electron chi connectivity index (χ2n) is 19.8. The highest BCUT2D eigenvalue weighted by Crippen LogP contribution is 2.43. The quantitative estimate of drug-likeness (QED) is 0.0170. The van der Waals surface area contributed by atoms with Crippen molar-refractivity contribution >= 4 is 61.0 Å². The molecule has 1 aliphatic rings. The zero-order chi connectivity index (χ0) is 54.3. The van der Waals surface area contributed by atoms with Gasteiger partial charge in [-0.05, 0) is 12.8 Å². The lowest BCUT2D eigenvalue weighted by atomic mass is 10.0. The molecule has 1 saturated heterocycles. The Morgan fingerprint density at radius 2 is 1.04 bits per heavy atom. The molecule has 0 radical (unpaired) electrons. The number of hydrogen-bond donors (Lipinski definition) is 3. The molecule has 74 heavy (non-hydrogen) atoms. The van der Waals surface area contributed by atoms with Crippen LogP contribution in [0.3, 0.4) is 0 Å². The summed E-state index contributed by atoms with van der Waals surface area (Å²) >= 11 is 1.08. The van der Waals surface area contributed by atoms with Crippen molar-refractivity contribution in [2.75, 3.05) is 65.5 Å². The maximum Gasteiger partial charge on any atom is 0.407 e. The molecule has 0 saturated carbocycles. The molecule has 0 aliphatic carbocycles. The average Bonchev–Trinajstić information content (AvgIpc) is 3.65. The number of amides is 5. The molecule has 1 heterocycles. The number of carbonyl (C=O) groups is 7. The Kier molecular flexibility index (Phi) is 43.7. The monoisotopic (exact) mass is 1090 g/mol. The van der Waals surface area contributed by atoms with Crippen LogP contribution < -0.4 is 16.0 Å². The van der Waals surface area contributed by atoms with Crippen LogP contribution in [0.1, 0.15) is 232 Å². The zero-order valence-corrected chi connectivity index (χ0v) is 48.2. The van der Waals surface area contributed by atoms with Crippen molar-refractivity contribution in [2.45, 2.75) is 244 Å². The minimum atomic E-state index is -3.70. The summed E-state index contributed by atoms with van der Waals surface area (Å²) in [6, 6.07) is 0. The first-order chi connectivity index (χ1) is 35.8. The van der Waals surface area contributed by atoms with Crippen LogP contribution in [0.5, 0.6) is 0 Å². The highest BCUT2D eigenvalue weighted by atomic mass is 32.2. The van der Waals surface area contributed by atoms with Crippen LogP contribution in [0.15, 0.2) is 0 Å². The van der Waals surface area contributed by atoms with Gasteiger partial charge in [-0.3, -0.25) is 38.2 Å². The smallest absolute Gasteiger partial charge is 0.407 e. The van der Waals surface area contributed by atoms with Gasteiger partial charge in [0, 0.05) is 52.5 Å². The van der Waals surface area contributed by atoms with Crippen molar-refractivity contribution in [3.8, 4) is 0 Å². The summed E-state index contributed by atoms with van der Waals surface area (Å²) in [7, 11) is -2.22. The van der Waals surface area contributed by atoms with E-state index in [-0.39, 0.29) is 83.4 Å². The molecule has 3 atom stereocenters. The molecule has 0 aromatic heterocycles. The van der Waals surface area contributed by atoms with E-state index >= 15 is 0 Å². The summed E-state index contributed by atoms with van der Waals surface area (Å²) in [5.74, 6) is -2.34. The first-order valence-electron chi connectivity index (χ1n) is 28.9. The Morgan fingerprint density at radius 3 is 1.53 bits per heavy atom. The second kappa shape index (κ2) is 47.0. The van der Waals surface area contributed by atoms with Gasteiger partial charge in [0.2, 0.25) is 23.6 Å². The molecule has 430 valence electrons. The molecule has 1 fully saturated rings. The molecule has 3 N–H and O–H groups in total. The van der Waals surface area contributed by atoms with E-state index in [1.54, 1.807) is 0 Å². The number of ether oxygens (including phenoxy) is 3. The van der Waals surface area contributed by atoms with Gasteiger partial charge in [-0.15, -0.1) is 11.8 Å². The van der Waals surface area contributed by atoms with Gasteiger partial charge in [0.05, 0.1) is 30.8 Å². The van der Waals surface area contributed by atoms with Crippen LogP contribution in [0.25, 0.3) is 0 Å². The van der Waals surface area contributed by atoms with Gasteiger partial charge in [-0.2, -0.15) is 0 Å². The first kappa shape index (κ1) is 68.8. The fourth-order valence-electron chi connectivity index (χ4n) is 8.47. The molecule has 1 aliphatic heterocycles. The van der Waals surface area contributed by atoms with E-state index in [1.165, 1.54) is 155 Å². The van der Waals surface area contributed by atoms with Crippen LogP contribution in [0.4, 0.5) is 4.79 Å². The number of nitrogens with one attached hydrogen (secondary N) is 3. The van der Waals surface area contributed by atoms with Crippen molar-refractivity contribution in [1.82, 2.24) is 20.9 Å². The van der Waals surface area contributed by atoms with Gasteiger partial charge in [-0.25, -0.2) is 4.79 Å². The molecule has 0 spiro atoms. The normalized spacial score (nSPS) is 14.6. The SMILES string of the molecule is CCCCCCCCCCCCCCCCCC(=O)OC[C@H](COP(C)(=O)OCCNC(=O)OCCNC(=O)CCN1C(=O)CC(SCC(=O)NC)C1=O)OC(=O)CCCCCCCCCCCCCCCCC. The van der Waals surface area contributed by atoms with Crippen molar-refractivity contribution in [3.05, 3.63) is 0 Å². The first-order valence-corrected chi connectivity index (χ1v) is 31.9. The number of carbonyl (C=O) groups excluding carboxylic acids is 7. The van der Waals surface area contributed by atoms with Crippen LogP contribution in [0.2, 0.25) is 0 Å². The zero-order valence-electron chi connectivity index (χ0n) is 46.5. The fraction of sp³-hybridized carbons (Fsp3) is 0.873. The third-order valence-electron chi connectivity index (χ3n) is 13.0. The fourth-order valence-corrected chi connectivity index (χ4v) is 10.4. The topological polar surface area (TPSA) is 222 Å². The van der Waals surface area contributed by atoms with Crippen molar-refractivity contribution in [3.63, 3.8) is 0 Å². The highest BCUT2D eigenvalue weighted by molar-refractivity contribution is 8.01. The molecule has 0 aromatic rings. The summed E-state index contributed by atoms with van der Waals surface area (Å²) in [6.07, 6.45) is 35.1. The number of likely N-dealkylation sites (tertiary alicyclic amines) is 1. The van der Waals surface area contributed by atoms with Crippen molar-refractivity contribution in [2.24, 2.45) is 0 Å². The standard InChI is InChI=1S/C55H101N4O13PS/c1-5-7-9-11-13-15-17-19-21-23-25-27-29-31-33-35-52(63)69-44-47(72-53(64)36-34-32-30-28-26-24-22-20-18-16-14-12-10-8-6-2)45-71-73(4,67)70-42-39-58-55(66)68-41-38-57-49(60)37-40-59-51(62)43-48(54(59)65)74-46-50(61)56-3/h47-48H,5-46H2,1-4H3,(H,56,61)(H,57,60)(H,58,66)/t47-,48?,73?/m1/s1. The Morgan fingerprint density at radius 1 is 0.581 bits per heavy atom. The minimum Gasteiger partial charge on any atom is -0.462 e. The number of alkyl carbamates (subject to hydrolysis) is 1. The Balaban J connectivity index is 2.40. The van der Waals surface area contributed by atoms with Gasteiger partial charge in [0.25, 0.3) is 0 Å². The van der Waals surface area contributed by atoms with E-state index in [0.717, 1.165) is 55.2 Å². The summed E-state index contributed by atoms with van der Waals surface area (Å²) in [4.78, 5) is 87.5. The summed E-state index contributed by atoms with van der Waals surface area (Å²) in [5.41, 5.74) is 0. The van der Waals surface area contributed by atoms with E-state index in [9.17, 15) is 38.1 Å². The van der Waals surface area contributed by atoms with Crippen LogP contribution in [-0.4, -0.2) is 123 Å². The number of imide groups is 1. The molecule has 0 aromatic carbocycles. The molecular formula is C55H101N4O13PS. The Bertz CT molecular complexity index is 1580. The summed E-state index contributed by atoms with van der Waals surface area (Å²) in [5, 5.41) is 6.81. The predicted molar refractivity (Wildman–Crippen MR) is 294 cm³/mol. The summed E-state index contributed by atoms with van der Waals surface area (Å²) in [6.45, 7) is 4.61. The minimum absolute atomic E-state index is 0.0205. The number of esters is 2. The molecule has 1 rings (SSSR count). The molecule has 0 bridgehead atoms. The lowest BCUT2D eigenvalue weighted by Gasteiger charge is -2.21. The van der Waals surface area contributed by atoms with Gasteiger partial charge < -0.3 is 39.2 Å². The van der Waals surface area contributed by atoms with Crippen LogP contribution in [-0.2, 0) is 56.6 Å². The molecule has 19 heteroatoms. The van der Waals surface area contributed by atoms with Gasteiger partial charge >= 0.3 is 25.6 Å². The van der Waals surface area contributed by atoms with Gasteiger partial charge in [-0.1, -0.05) is 194 Å². The molecule has 5 amide bonds. The lowest BCUT2D eigenvalue weighted by molar-refractivity contribution is -0.161. The molecule has 2 unspecified atom stereocenters. The largest absolute Gasteiger partial charge is 0.462 e. The van der Waals surface area contributed by atoms with Gasteiger partial charge in [0.15, 0.2) is 6.10 Å². The lowest BCUT2D eigenvalue weighted by Crippen LogP contribution is -2.37. The van der Waals surface area contributed by atoms with Crippen molar-refractivity contribution < 1.29 is 61.4 Å². The Labute approximate surface area is 450 Å². The number of hydrogen-bond acceptors (Lipinski definition) is 14. The van der Waals surface area contributed by atoms with Gasteiger partial charge in [0.1, 0.15) is 13.2 Å². The number of unbranched alkanes of at least 4 members (excludes halogenated alkanes) is 28. The van der Waals surface area contributed by atoms with E-state index < -0.39 is 54.7 Å².